The molecular weight excluding hydrogens is 389 g/mol. The fraction of sp³-hybridized carbons (Fsp3) is 0.368. The summed E-state index contributed by atoms with van der Waals surface area (Å²) >= 11 is 3.21. The van der Waals surface area contributed by atoms with Gasteiger partial charge in [-0.15, -0.1) is 0 Å². The third kappa shape index (κ3) is 2.59. The molecule has 2 aliphatic heterocycles. The fourth-order valence-electron chi connectivity index (χ4n) is 3.98. The van der Waals surface area contributed by atoms with E-state index in [-0.39, 0.29) is 29.9 Å². The van der Waals surface area contributed by atoms with Crippen LogP contribution in [0.3, 0.4) is 0 Å². The Kier molecular flexibility index (Phi) is 4.12. The SMILES string of the molecule is CC[C@@H]1CC(=O)C2=C1NC1=C(C(=O)COC1)[C@H]2c1ccc(F)c(Br)c1. The summed E-state index contributed by atoms with van der Waals surface area (Å²) in [6, 6.07) is 4.68. The van der Waals surface area contributed by atoms with E-state index in [0.29, 0.717) is 28.6 Å². The molecule has 1 aromatic carbocycles. The first-order valence-electron chi connectivity index (χ1n) is 8.34. The summed E-state index contributed by atoms with van der Waals surface area (Å²) in [5.74, 6) is -0.767. The molecule has 4 rings (SSSR count). The molecule has 0 saturated carbocycles. The molecular formula is C19H17BrFNO3. The molecule has 1 aromatic rings. The summed E-state index contributed by atoms with van der Waals surface area (Å²) in [5.41, 5.74) is 3.60. The summed E-state index contributed by atoms with van der Waals surface area (Å²) in [6.45, 7) is 2.38. The van der Waals surface area contributed by atoms with Gasteiger partial charge in [-0.1, -0.05) is 13.0 Å². The van der Waals surface area contributed by atoms with Crippen LogP contribution >= 0.6 is 15.9 Å². The number of rotatable bonds is 2. The van der Waals surface area contributed by atoms with Crippen molar-refractivity contribution in [2.75, 3.05) is 13.2 Å². The summed E-state index contributed by atoms with van der Waals surface area (Å²) in [4.78, 5) is 25.3. The molecule has 1 aliphatic carbocycles. The highest BCUT2D eigenvalue weighted by molar-refractivity contribution is 9.10. The van der Waals surface area contributed by atoms with Crippen molar-refractivity contribution in [3.8, 4) is 0 Å². The summed E-state index contributed by atoms with van der Waals surface area (Å²) in [5, 5.41) is 3.31. The molecule has 3 aliphatic rings. The Balaban J connectivity index is 1.92. The molecule has 6 heteroatoms. The van der Waals surface area contributed by atoms with Crippen LogP contribution in [0.25, 0.3) is 0 Å². The van der Waals surface area contributed by atoms with E-state index in [1.165, 1.54) is 6.07 Å². The van der Waals surface area contributed by atoms with E-state index in [2.05, 4.69) is 21.2 Å². The van der Waals surface area contributed by atoms with Gasteiger partial charge in [-0.25, -0.2) is 4.39 Å². The Labute approximate surface area is 153 Å². The first-order valence-corrected chi connectivity index (χ1v) is 9.13. The van der Waals surface area contributed by atoms with Gasteiger partial charge < -0.3 is 10.1 Å². The van der Waals surface area contributed by atoms with E-state index >= 15 is 0 Å². The normalized spacial score (nSPS) is 25.9. The topological polar surface area (TPSA) is 55.4 Å². The minimum atomic E-state index is -0.455. The largest absolute Gasteiger partial charge is 0.367 e. The minimum absolute atomic E-state index is 0.00733. The molecule has 0 fully saturated rings. The quantitative estimate of drug-likeness (QED) is 0.819. The van der Waals surface area contributed by atoms with Crippen molar-refractivity contribution in [3.05, 3.63) is 56.6 Å². The van der Waals surface area contributed by atoms with Crippen molar-refractivity contribution < 1.29 is 18.7 Å². The van der Waals surface area contributed by atoms with Crippen LogP contribution in [-0.4, -0.2) is 24.8 Å². The van der Waals surface area contributed by atoms with E-state index < -0.39 is 5.92 Å². The highest BCUT2D eigenvalue weighted by Crippen LogP contribution is 2.47. The van der Waals surface area contributed by atoms with E-state index in [1.807, 2.05) is 6.92 Å². The van der Waals surface area contributed by atoms with Crippen LogP contribution in [-0.2, 0) is 14.3 Å². The first-order chi connectivity index (χ1) is 12.0. The van der Waals surface area contributed by atoms with E-state index in [9.17, 15) is 14.0 Å². The summed E-state index contributed by atoms with van der Waals surface area (Å²) in [7, 11) is 0. The Hall–Kier alpha value is -1.79. The second-order valence-electron chi connectivity index (χ2n) is 6.60. The average molecular weight is 406 g/mol. The predicted molar refractivity (Wildman–Crippen MR) is 93.3 cm³/mol. The standard InChI is InChI=1S/C19H17BrFNO3/c1-2-9-6-14(23)18-16(10-3-4-12(21)11(20)5-10)17-13(22-19(9)18)7-25-8-15(17)24/h3-5,9,16,22H,2,6-8H2,1H3/t9-,16-/m1/s1. The van der Waals surface area contributed by atoms with Gasteiger partial charge in [0.15, 0.2) is 11.6 Å². The Bertz CT molecular complexity index is 858. The number of ketones is 2. The zero-order valence-electron chi connectivity index (χ0n) is 13.7. The molecule has 0 bridgehead atoms. The van der Waals surface area contributed by atoms with Gasteiger partial charge in [0.05, 0.1) is 11.1 Å². The van der Waals surface area contributed by atoms with Crippen LogP contribution in [0.4, 0.5) is 4.39 Å². The van der Waals surface area contributed by atoms with Crippen LogP contribution < -0.4 is 5.32 Å². The Morgan fingerprint density at radius 1 is 1.24 bits per heavy atom. The number of benzene rings is 1. The molecule has 0 radical (unpaired) electrons. The van der Waals surface area contributed by atoms with Gasteiger partial charge in [0.1, 0.15) is 12.4 Å². The molecule has 0 unspecified atom stereocenters. The molecule has 4 nitrogen and oxygen atoms in total. The maximum absolute atomic E-state index is 13.7. The molecule has 0 amide bonds. The third-order valence-electron chi connectivity index (χ3n) is 5.17. The van der Waals surface area contributed by atoms with E-state index in [4.69, 9.17) is 4.74 Å². The number of hydrogen-bond acceptors (Lipinski definition) is 4. The number of hydrogen-bond donors (Lipinski definition) is 1. The zero-order valence-corrected chi connectivity index (χ0v) is 15.3. The average Bonchev–Trinajstić information content (AvgIpc) is 2.92. The molecule has 25 heavy (non-hydrogen) atoms. The summed E-state index contributed by atoms with van der Waals surface area (Å²) in [6.07, 6.45) is 1.29. The van der Waals surface area contributed by atoms with Crippen molar-refractivity contribution in [3.63, 3.8) is 0 Å². The Morgan fingerprint density at radius 2 is 2.04 bits per heavy atom. The lowest BCUT2D eigenvalue weighted by atomic mass is 9.78. The first kappa shape index (κ1) is 16.7. The van der Waals surface area contributed by atoms with Gasteiger partial charge in [-0.3, -0.25) is 9.59 Å². The number of nitrogens with one attached hydrogen (secondary N) is 1. The maximum atomic E-state index is 13.7. The molecule has 2 atom stereocenters. The lowest BCUT2D eigenvalue weighted by Gasteiger charge is -2.34. The van der Waals surface area contributed by atoms with Crippen LogP contribution in [0.1, 0.15) is 31.2 Å². The number of halogens is 2. The molecule has 2 heterocycles. The predicted octanol–water partition coefficient (Wildman–Crippen LogP) is 3.38. The monoisotopic (exact) mass is 405 g/mol. The van der Waals surface area contributed by atoms with Gasteiger partial charge in [0, 0.05) is 40.8 Å². The van der Waals surface area contributed by atoms with Crippen LogP contribution in [0.5, 0.6) is 0 Å². The highest BCUT2D eigenvalue weighted by atomic mass is 79.9. The second-order valence-corrected chi connectivity index (χ2v) is 7.45. The fourth-order valence-corrected chi connectivity index (χ4v) is 4.38. The number of carbonyl (C=O) groups excluding carboxylic acids is 2. The number of allylic oxidation sites excluding steroid dienone is 2. The zero-order chi connectivity index (χ0) is 17.7. The second kappa shape index (κ2) is 6.18. The number of ether oxygens (including phenoxy) is 1. The van der Waals surface area contributed by atoms with Gasteiger partial charge >= 0.3 is 0 Å². The Morgan fingerprint density at radius 3 is 2.76 bits per heavy atom. The van der Waals surface area contributed by atoms with Crippen LogP contribution in [0.2, 0.25) is 0 Å². The molecule has 0 saturated heterocycles. The molecule has 1 N–H and O–H groups in total. The van der Waals surface area contributed by atoms with Crippen LogP contribution in [0, 0.1) is 11.7 Å². The van der Waals surface area contributed by atoms with Gasteiger partial charge in [-0.05, 0) is 40.0 Å². The van der Waals surface area contributed by atoms with Gasteiger partial charge in [0.2, 0.25) is 0 Å². The van der Waals surface area contributed by atoms with Crippen molar-refractivity contribution in [2.24, 2.45) is 5.92 Å². The lowest BCUT2D eigenvalue weighted by Crippen LogP contribution is -2.37. The van der Waals surface area contributed by atoms with Crippen molar-refractivity contribution >= 4 is 27.5 Å². The maximum Gasteiger partial charge on any atom is 0.187 e. The molecule has 0 aromatic heterocycles. The smallest absolute Gasteiger partial charge is 0.187 e. The van der Waals surface area contributed by atoms with Crippen molar-refractivity contribution in [2.45, 2.75) is 25.7 Å². The van der Waals surface area contributed by atoms with E-state index in [0.717, 1.165) is 23.4 Å². The summed E-state index contributed by atoms with van der Waals surface area (Å²) < 4.78 is 19.4. The van der Waals surface area contributed by atoms with E-state index in [1.54, 1.807) is 12.1 Å². The van der Waals surface area contributed by atoms with Gasteiger partial charge in [-0.2, -0.15) is 0 Å². The lowest BCUT2D eigenvalue weighted by molar-refractivity contribution is -0.121. The van der Waals surface area contributed by atoms with Gasteiger partial charge in [0.25, 0.3) is 0 Å². The van der Waals surface area contributed by atoms with Crippen molar-refractivity contribution in [1.29, 1.82) is 0 Å². The number of dihydropyridines is 1. The van der Waals surface area contributed by atoms with Crippen molar-refractivity contribution in [1.82, 2.24) is 5.32 Å². The van der Waals surface area contributed by atoms with Crippen LogP contribution in [0.15, 0.2) is 45.2 Å². The third-order valence-corrected chi connectivity index (χ3v) is 5.78. The highest BCUT2D eigenvalue weighted by Gasteiger charge is 2.44. The molecule has 130 valence electrons. The number of Topliss-reactive ketones (excluding diaryl/α,β-unsaturated/α-hetero) is 2. The minimum Gasteiger partial charge on any atom is -0.367 e. The number of carbonyl (C=O) groups is 2. The molecule has 0 spiro atoms.